The second-order valence-corrected chi connectivity index (χ2v) is 5.01. The SMILES string of the molecule is O=C(NCc1cccnc1)c1ccc(-c2ccc([N+](=O)[O-])cc2)o1. The monoisotopic (exact) mass is 323 g/mol. The van der Waals surface area contributed by atoms with Crippen LogP contribution < -0.4 is 5.32 Å². The highest BCUT2D eigenvalue weighted by atomic mass is 16.6. The van der Waals surface area contributed by atoms with E-state index in [1.165, 1.54) is 12.1 Å². The number of hydrogen-bond donors (Lipinski definition) is 1. The molecule has 7 heteroatoms. The van der Waals surface area contributed by atoms with Crippen LogP contribution in [-0.2, 0) is 6.54 Å². The molecule has 0 saturated heterocycles. The Morgan fingerprint density at radius 2 is 1.96 bits per heavy atom. The molecule has 2 aromatic heterocycles. The van der Waals surface area contributed by atoms with Crippen molar-refractivity contribution in [2.45, 2.75) is 6.54 Å². The lowest BCUT2D eigenvalue weighted by Gasteiger charge is -2.02. The molecule has 0 aliphatic rings. The molecule has 0 radical (unpaired) electrons. The topological polar surface area (TPSA) is 98.3 Å². The fourth-order valence-corrected chi connectivity index (χ4v) is 2.13. The van der Waals surface area contributed by atoms with Crippen molar-refractivity contribution in [3.05, 3.63) is 82.4 Å². The highest BCUT2D eigenvalue weighted by Crippen LogP contribution is 2.24. The van der Waals surface area contributed by atoms with Gasteiger partial charge in [0, 0.05) is 36.6 Å². The first-order chi connectivity index (χ1) is 11.6. The summed E-state index contributed by atoms with van der Waals surface area (Å²) in [4.78, 5) is 26.3. The number of hydrogen-bond acceptors (Lipinski definition) is 5. The van der Waals surface area contributed by atoms with Crippen molar-refractivity contribution in [1.82, 2.24) is 10.3 Å². The summed E-state index contributed by atoms with van der Waals surface area (Å²) in [5.41, 5.74) is 1.54. The summed E-state index contributed by atoms with van der Waals surface area (Å²) < 4.78 is 5.52. The van der Waals surface area contributed by atoms with Crippen molar-refractivity contribution in [1.29, 1.82) is 0 Å². The van der Waals surface area contributed by atoms with E-state index in [1.54, 1.807) is 42.7 Å². The number of benzene rings is 1. The molecule has 3 rings (SSSR count). The van der Waals surface area contributed by atoms with E-state index in [0.29, 0.717) is 17.9 Å². The van der Waals surface area contributed by atoms with Gasteiger partial charge in [0.25, 0.3) is 11.6 Å². The maximum Gasteiger partial charge on any atom is 0.287 e. The average Bonchev–Trinajstić information content (AvgIpc) is 3.11. The fourth-order valence-electron chi connectivity index (χ4n) is 2.13. The van der Waals surface area contributed by atoms with Gasteiger partial charge < -0.3 is 9.73 Å². The van der Waals surface area contributed by atoms with Crippen molar-refractivity contribution >= 4 is 11.6 Å². The fraction of sp³-hybridized carbons (Fsp3) is 0.0588. The van der Waals surface area contributed by atoms with Crippen LogP contribution in [0.2, 0.25) is 0 Å². The van der Waals surface area contributed by atoms with Crippen molar-refractivity contribution in [3.8, 4) is 11.3 Å². The molecule has 24 heavy (non-hydrogen) atoms. The molecule has 7 nitrogen and oxygen atoms in total. The van der Waals surface area contributed by atoms with Gasteiger partial charge >= 0.3 is 0 Å². The molecular formula is C17H13N3O4. The predicted molar refractivity (Wildman–Crippen MR) is 86.2 cm³/mol. The van der Waals surface area contributed by atoms with Gasteiger partial charge in [0.1, 0.15) is 5.76 Å². The Balaban J connectivity index is 1.68. The Bertz CT molecular complexity index is 857. The molecule has 0 aliphatic carbocycles. The molecular weight excluding hydrogens is 310 g/mol. The third-order valence-electron chi connectivity index (χ3n) is 3.37. The number of furan rings is 1. The number of rotatable bonds is 5. The Labute approximate surface area is 137 Å². The highest BCUT2D eigenvalue weighted by Gasteiger charge is 2.13. The van der Waals surface area contributed by atoms with E-state index in [9.17, 15) is 14.9 Å². The third kappa shape index (κ3) is 3.46. The molecule has 3 aromatic rings. The highest BCUT2D eigenvalue weighted by molar-refractivity contribution is 5.92. The maximum atomic E-state index is 12.1. The first-order valence-corrected chi connectivity index (χ1v) is 7.15. The van der Waals surface area contributed by atoms with E-state index in [0.717, 1.165) is 5.56 Å². The number of non-ortho nitro benzene ring substituents is 1. The Morgan fingerprint density at radius 3 is 2.62 bits per heavy atom. The zero-order chi connectivity index (χ0) is 16.9. The first-order valence-electron chi connectivity index (χ1n) is 7.15. The van der Waals surface area contributed by atoms with Gasteiger partial charge in [-0.3, -0.25) is 19.9 Å². The van der Waals surface area contributed by atoms with Gasteiger partial charge in [-0.2, -0.15) is 0 Å². The third-order valence-corrected chi connectivity index (χ3v) is 3.37. The average molecular weight is 323 g/mol. The van der Waals surface area contributed by atoms with Gasteiger partial charge in [0.2, 0.25) is 0 Å². The molecule has 0 atom stereocenters. The zero-order valence-corrected chi connectivity index (χ0v) is 12.5. The quantitative estimate of drug-likeness (QED) is 0.574. The van der Waals surface area contributed by atoms with Gasteiger partial charge in [-0.05, 0) is 35.9 Å². The minimum Gasteiger partial charge on any atom is -0.451 e. The maximum absolute atomic E-state index is 12.1. The van der Waals surface area contributed by atoms with Crippen LogP contribution in [0.3, 0.4) is 0 Å². The molecule has 120 valence electrons. The lowest BCUT2D eigenvalue weighted by molar-refractivity contribution is -0.384. The molecule has 0 bridgehead atoms. The molecule has 1 amide bonds. The van der Waals surface area contributed by atoms with Gasteiger partial charge in [-0.25, -0.2) is 0 Å². The minimum absolute atomic E-state index is 0.000238. The Morgan fingerprint density at radius 1 is 1.17 bits per heavy atom. The van der Waals surface area contributed by atoms with Crippen LogP contribution in [-0.4, -0.2) is 15.8 Å². The van der Waals surface area contributed by atoms with Crippen LogP contribution in [0.15, 0.2) is 65.3 Å². The number of carbonyl (C=O) groups excluding carboxylic acids is 1. The Kier molecular flexibility index (Phi) is 4.33. The molecule has 1 N–H and O–H groups in total. The normalized spacial score (nSPS) is 10.3. The van der Waals surface area contributed by atoms with Crippen LogP contribution in [0.1, 0.15) is 16.1 Å². The summed E-state index contributed by atoms with van der Waals surface area (Å²) in [7, 11) is 0. The van der Waals surface area contributed by atoms with Gasteiger partial charge in [0.05, 0.1) is 4.92 Å². The van der Waals surface area contributed by atoms with Crippen molar-refractivity contribution in [2.75, 3.05) is 0 Å². The number of aromatic nitrogens is 1. The number of nitro benzene ring substituents is 1. The number of pyridine rings is 1. The lowest BCUT2D eigenvalue weighted by Crippen LogP contribution is -2.22. The molecule has 0 spiro atoms. The van der Waals surface area contributed by atoms with Crippen LogP contribution >= 0.6 is 0 Å². The second kappa shape index (κ2) is 6.74. The first kappa shape index (κ1) is 15.4. The van der Waals surface area contributed by atoms with Gasteiger partial charge in [-0.15, -0.1) is 0 Å². The molecule has 2 heterocycles. The number of nitrogens with zero attached hydrogens (tertiary/aromatic N) is 2. The van der Waals surface area contributed by atoms with E-state index >= 15 is 0 Å². The summed E-state index contributed by atoms with van der Waals surface area (Å²) in [6.45, 7) is 0.347. The van der Waals surface area contributed by atoms with Crippen LogP contribution in [0.25, 0.3) is 11.3 Å². The Hall–Kier alpha value is -3.48. The standard InChI is InChI=1S/C17H13N3O4/c21-17(19-11-12-2-1-9-18-10-12)16-8-7-15(24-16)13-3-5-14(6-4-13)20(22)23/h1-10H,11H2,(H,19,21). The number of amides is 1. The molecule has 1 aromatic carbocycles. The number of nitrogens with one attached hydrogen (secondary N) is 1. The number of nitro groups is 1. The summed E-state index contributed by atoms with van der Waals surface area (Å²) in [6.07, 6.45) is 3.33. The molecule has 0 unspecified atom stereocenters. The summed E-state index contributed by atoms with van der Waals surface area (Å²) >= 11 is 0. The zero-order valence-electron chi connectivity index (χ0n) is 12.5. The van der Waals surface area contributed by atoms with E-state index < -0.39 is 4.92 Å². The van der Waals surface area contributed by atoms with Gasteiger partial charge in [0.15, 0.2) is 5.76 Å². The predicted octanol–water partition coefficient (Wildman–Crippen LogP) is 3.18. The van der Waals surface area contributed by atoms with E-state index in [1.807, 2.05) is 6.07 Å². The molecule has 0 saturated carbocycles. The smallest absolute Gasteiger partial charge is 0.287 e. The molecule has 0 fully saturated rings. The van der Waals surface area contributed by atoms with Crippen LogP contribution in [0, 0.1) is 10.1 Å². The lowest BCUT2D eigenvalue weighted by atomic mass is 10.1. The second-order valence-electron chi connectivity index (χ2n) is 5.01. The van der Waals surface area contributed by atoms with Crippen LogP contribution in [0.4, 0.5) is 5.69 Å². The molecule has 0 aliphatic heterocycles. The van der Waals surface area contributed by atoms with E-state index in [2.05, 4.69) is 10.3 Å². The largest absolute Gasteiger partial charge is 0.451 e. The van der Waals surface area contributed by atoms with Crippen molar-refractivity contribution in [3.63, 3.8) is 0 Å². The minimum atomic E-state index is -0.469. The summed E-state index contributed by atoms with van der Waals surface area (Å²) in [6, 6.07) is 12.8. The van der Waals surface area contributed by atoms with E-state index in [4.69, 9.17) is 4.42 Å². The summed E-state index contributed by atoms with van der Waals surface area (Å²) in [5, 5.41) is 13.4. The van der Waals surface area contributed by atoms with Crippen molar-refractivity contribution in [2.24, 2.45) is 0 Å². The van der Waals surface area contributed by atoms with Crippen molar-refractivity contribution < 1.29 is 14.1 Å². The van der Waals surface area contributed by atoms with Crippen LogP contribution in [0.5, 0.6) is 0 Å². The number of carbonyl (C=O) groups is 1. The summed E-state index contributed by atoms with van der Waals surface area (Å²) in [5.74, 6) is 0.302. The van der Waals surface area contributed by atoms with Gasteiger partial charge in [-0.1, -0.05) is 6.07 Å². The van der Waals surface area contributed by atoms with E-state index in [-0.39, 0.29) is 17.4 Å².